The first kappa shape index (κ1) is 19.6. The second-order valence-electron chi connectivity index (χ2n) is 8.70. The summed E-state index contributed by atoms with van der Waals surface area (Å²) in [6, 6.07) is 5.94. The van der Waals surface area contributed by atoms with Crippen LogP contribution in [0.15, 0.2) is 30.4 Å². The van der Waals surface area contributed by atoms with Crippen LogP contribution in [0.3, 0.4) is 0 Å². The van der Waals surface area contributed by atoms with Gasteiger partial charge in [-0.05, 0) is 37.0 Å². The molecule has 1 aromatic rings. The number of benzene rings is 1. The van der Waals surface area contributed by atoms with Crippen LogP contribution in [0, 0.1) is 11.8 Å². The number of likely N-dealkylation sites (tertiary alicyclic amines) is 1. The predicted molar refractivity (Wildman–Crippen MR) is 109 cm³/mol. The summed E-state index contributed by atoms with van der Waals surface area (Å²) >= 11 is 0. The molecule has 0 saturated carbocycles. The van der Waals surface area contributed by atoms with Crippen molar-refractivity contribution in [2.75, 3.05) is 33.4 Å². The first-order chi connectivity index (χ1) is 14.5. The average Bonchev–Trinajstić information content (AvgIpc) is 3.40. The number of ether oxygens (including phenoxy) is 3. The average molecular weight is 412 g/mol. The Morgan fingerprint density at radius 3 is 3.13 bits per heavy atom. The Morgan fingerprint density at radius 1 is 1.43 bits per heavy atom. The van der Waals surface area contributed by atoms with E-state index in [0.29, 0.717) is 19.7 Å². The number of methoxy groups -OCH3 is 1. The highest BCUT2D eigenvalue weighted by atomic mass is 16.5. The van der Waals surface area contributed by atoms with Crippen LogP contribution in [0.1, 0.15) is 30.5 Å². The van der Waals surface area contributed by atoms with Crippen molar-refractivity contribution in [2.24, 2.45) is 11.8 Å². The Kier molecular flexibility index (Phi) is 4.82. The van der Waals surface area contributed by atoms with Crippen LogP contribution >= 0.6 is 0 Å². The lowest BCUT2D eigenvalue weighted by Gasteiger charge is -2.26. The zero-order valence-corrected chi connectivity index (χ0v) is 17.4. The summed E-state index contributed by atoms with van der Waals surface area (Å²) < 4.78 is 17.0. The second kappa shape index (κ2) is 7.39. The van der Waals surface area contributed by atoms with E-state index in [1.807, 2.05) is 31.2 Å². The lowest BCUT2D eigenvalue weighted by atomic mass is 9.76. The fraction of sp³-hybridized carbons (Fsp3) is 0.565. The zero-order chi connectivity index (χ0) is 20.9. The quantitative estimate of drug-likeness (QED) is 0.719. The van der Waals surface area contributed by atoms with E-state index in [-0.39, 0.29) is 24.0 Å². The predicted octanol–water partition coefficient (Wildman–Crippen LogP) is 1.62. The largest absolute Gasteiger partial charge is 0.493 e. The maximum atomic E-state index is 13.3. The monoisotopic (exact) mass is 412 g/mol. The van der Waals surface area contributed by atoms with Crippen LogP contribution in [0.4, 0.5) is 0 Å². The minimum Gasteiger partial charge on any atom is -0.493 e. The number of fused-ring (bicyclic) bond motifs is 2. The van der Waals surface area contributed by atoms with Gasteiger partial charge in [-0.25, -0.2) is 0 Å². The highest BCUT2D eigenvalue weighted by Gasteiger charge is 2.66. The molecule has 7 nitrogen and oxygen atoms in total. The molecule has 5 atom stereocenters. The Hall–Kier alpha value is -2.38. The number of hydrogen-bond donors (Lipinski definition) is 1. The number of aryl methyl sites for hydroxylation is 1. The Labute approximate surface area is 176 Å². The highest BCUT2D eigenvalue weighted by Crippen LogP contribution is 2.51. The van der Waals surface area contributed by atoms with Crippen molar-refractivity contribution in [2.45, 2.75) is 37.5 Å². The maximum absolute atomic E-state index is 13.3. The van der Waals surface area contributed by atoms with E-state index >= 15 is 0 Å². The van der Waals surface area contributed by atoms with Crippen LogP contribution in [-0.2, 0) is 25.5 Å². The summed E-state index contributed by atoms with van der Waals surface area (Å²) in [5.74, 6) is -0.172. The smallest absolute Gasteiger partial charge is 0.230 e. The Morgan fingerprint density at radius 2 is 2.30 bits per heavy atom. The maximum Gasteiger partial charge on any atom is 0.230 e. The second-order valence-corrected chi connectivity index (χ2v) is 8.70. The van der Waals surface area contributed by atoms with Gasteiger partial charge >= 0.3 is 0 Å². The lowest BCUT2D eigenvalue weighted by Crippen LogP contribution is -2.44. The summed E-state index contributed by atoms with van der Waals surface area (Å²) in [6.45, 7) is 4.20. The summed E-state index contributed by atoms with van der Waals surface area (Å²) in [4.78, 5) is 28.1. The molecule has 4 heterocycles. The van der Waals surface area contributed by atoms with E-state index in [4.69, 9.17) is 14.2 Å². The molecule has 2 saturated heterocycles. The lowest BCUT2D eigenvalue weighted by molar-refractivity contribution is -0.138. The van der Waals surface area contributed by atoms with Crippen molar-refractivity contribution in [3.8, 4) is 5.75 Å². The van der Waals surface area contributed by atoms with E-state index in [0.717, 1.165) is 30.8 Å². The Balaban J connectivity index is 1.32. The minimum atomic E-state index is -0.677. The third-order valence-electron chi connectivity index (χ3n) is 6.84. The van der Waals surface area contributed by atoms with Gasteiger partial charge in [0.05, 0.1) is 43.7 Å². The molecular formula is C23H28N2O5. The van der Waals surface area contributed by atoms with Gasteiger partial charge in [0.1, 0.15) is 11.4 Å². The molecule has 5 rings (SSSR count). The van der Waals surface area contributed by atoms with Gasteiger partial charge in [0.15, 0.2) is 0 Å². The van der Waals surface area contributed by atoms with Gasteiger partial charge < -0.3 is 24.4 Å². The van der Waals surface area contributed by atoms with Crippen LogP contribution in [0.25, 0.3) is 0 Å². The van der Waals surface area contributed by atoms with E-state index in [1.165, 1.54) is 5.56 Å². The third kappa shape index (κ3) is 3.03. The third-order valence-corrected chi connectivity index (χ3v) is 6.84. The highest BCUT2D eigenvalue weighted by molar-refractivity contribution is 5.93. The molecule has 7 heteroatoms. The van der Waals surface area contributed by atoms with Gasteiger partial charge in [0.2, 0.25) is 11.8 Å². The molecule has 4 aliphatic heterocycles. The normalized spacial score (nSPS) is 32.0. The summed E-state index contributed by atoms with van der Waals surface area (Å²) in [6.07, 6.45) is 5.57. The molecule has 0 radical (unpaired) electrons. The van der Waals surface area contributed by atoms with Crippen molar-refractivity contribution in [1.82, 2.24) is 10.2 Å². The molecule has 1 spiro atoms. The molecule has 1 N–H and O–H groups in total. The molecular weight excluding hydrogens is 384 g/mol. The van der Waals surface area contributed by atoms with Gasteiger partial charge in [0.25, 0.3) is 0 Å². The van der Waals surface area contributed by atoms with Crippen molar-refractivity contribution in [3.63, 3.8) is 0 Å². The number of amides is 2. The van der Waals surface area contributed by atoms with Crippen molar-refractivity contribution in [1.29, 1.82) is 0 Å². The molecule has 5 unspecified atom stereocenters. The molecule has 160 valence electrons. The van der Waals surface area contributed by atoms with Gasteiger partial charge in [-0.15, -0.1) is 0 Å². The van der Waals surface area contributed by atoms with E-state index in [1.54, 1.807) is 12.0 Å². The van der Waals surface area contributed by atoms with Gasteiger partial charge in [-0.2, -0.15) is 0 Å². The summed E-state index contributed by atoms with van der Waals surface area (Å²) in [5.41, 5.74) is 1.55. The van der Waals surface area contributed by atoms with Crippen LogP contribution in [0.5, 0.6) is 5.75 Å². The molecule has 4 aliphatic rings. The van der Waals surface area contributed by atoms with Gasteiger partial charge in [0, 0.05) is 13.7 Å². The molecule has 2 amide bonds. The number of hydrogen-bond acceptors (Lipinski definition) is 5. The first-order valence-electron chi connectivity index (χ1n) is 10.7. The van der Waals surface area contributed by atoms with Crippen molar-refractivity contribution in [3.05, 3.63) is 41.5 Å². The van der Waals surface area contributed by atoms with E-state index < -0.39 is 17.4 Å². The van der Waals surface area contributed by atoms with Crippen molar-refractivity contribution < 1.29 is 23.8 Å². The molecule has 2 bridgehead atoms. The van der Waals surface area contributed by atoms with Crippen LogP contribution in [-0.4, -0.2) is 61.8 Å². The number of carbonyl (C=O) groups is 2. The topological polar surface area (TPSA) is 77.1 Å². The molecule has 2 fully saturated rings. The molecule has 0 aliphatic carbocycles. The number of carbonyl (C=O) groups excluding carboxylic acids is 2. The molecule has 0 aromatic heterocycles. The summed E-state index contributed by atoms with van der Waals surface area (Å²) in [5, 5.41) is 3.13. The standard InChI is InChI=1S/C23H28N2O5/c1-14(15-5-6-17-16(12-15)4-3-10-29-17)24-21(26)19-18-7-8-23(30-18)13-25(9-11-28-2)22(27)20(19)23/h5-8,12,14,18-20H,3-4,9-11,13H2,1-2H3,(H,24,26). The number of nitrogens with zero attached hydrogens (tertiary/aromatic N) is 1. The Bertz CT molecular complexity index is 900. The first-order valence-corrected chi connectivity index (χ1v) is 10.7. The van der Waals surface area contributed by atoms with E-state index in [2.05, 4.69) is 11.4 Å². The molecule has 1 aromatic carbocycles. The van der Waals surface area contributed by atoms with Gasteiger partial charge in [-0.1, -0.05) is 24.3 Å². The summed E-state index contributed by atoms with van der Waals surface area (Å²) in [7, 11) is 1.62. The minimum absolute atomic E-state index is 0.0161. The van der Waals surface area contributed by atoms with Crippen LogP contribution < -0.4 is 10.1 Å². The SMILES string of the molecule is COCCN1CC23C=CC(O2)C(C(=O)NC(C)c2ccc4c(c2)CCCO4)C3C1=O. The number of nitrogens with one attached hydrogen (secondary N) is 1. The van der Waals surface area contributed by atoms with Crippen LogP contribution in [0.2, 0.25) is 0 Å². The molecule has 30 heavy (non-hydrogen) atoms. The van der Waals surface area contributed by atoms with E-state index in [9.17, 15) is 9.59 Å². The number of rotatable bonds is 6. The van der Waals surface area contributed by atoms with Crippen molar-refractivity contribution >= 4 is 11.8 Å². The van der Waals surface area contributed by atoms with Gasteiger partial charge in [-0.3, -0.25) is 9.59 Å². The fourth-order valence-electron chi connectivity index (χ4n) is 5.31. The fourth-order valence-corrected chi connectivity index (χ4v) is 5.31. The zero-order valence-electron chi connectivity index (χ0n) is 17.4.